The van der Waals surface area contributed by atoms with Crippen LogP contribution in [0.2, 0.25) is 0 Å². The molecule has 112 valence electrons. The van der Waals surface area contributed by atoms with Gasteiger partial charge in [0.25, 0.3) is 5.69 Å². The number of aliphatic hydroxyl groups excluding tert-OH is 1. The maximum absolute atomic E-state index is 11.7. The van der Waals surface area contributed by atoms with E-state index in [9.17, 15) is 20.0 Å². The van der Waals surface area contributed by atoms with Gasteiger partial charge in [0, 0.05) is 30.7 Å². The molecule has 1 aliphatic carbocycles. The Bertz CT molecular complexity index is 539. The summed E-state index contributed by atoms with van der Waals surface area (Å²) in [5.41, 5.74) is 0.739. The molecule has 2 rings (SSSR count). The van der Waals surface area contributed by atoms with Gasteiger partial charge in [-0.1, -0.05) is 6.42 Å². The predicted molar refractivity (Wildman–Crippen MR) is 78.5 cm³/mol. The molecule has 1 aromatic rings. The minimum absolute atomic E-state index is 0.0202. The van der Waals surface area contributed by atoms with E-state index in [-0.39, 0.29) is 23.6 Å². The van der Waals surface area contributed by atoms with Crippen molar-refractivity contribution >= 4 is 17.7 Å². The largest absolute Gasteiger partial charge is 0.393 e. The molecule has 0 bridgehead atoms. The Morgan fingerprint density at radius 1 is 1.38 bits per heavy atom. The average Bonchev–Trinajstić information content (AvgIpc) is 2.88. The summed E-state index contributed by atoms with van der Waals surface area (Å²) in [7, 11) is 0. The number of carbonyl (C=O) groups is 1. The first-order valence-corrected chi connectivity index (χ1v) is 6.94. The van der Waals surface area contributed by atoms with Crippen LogP contribution in [-0.2, 0) is 4.79 Å². The van der Waals surface area contributed by atoms with E-state index in [0.29, 0.717) is 6.54 Å². The molecule has 2 atom stereocenters. The fourth-order valence-electron chi connectivity index (χ4n) is 2.43. The van der Waals surface area contributed by atoms with E-state index in [1.54, 1.807) is 18.2 Å². The number of carbonyl (C=O) groups excluding carboxylic acids is 1. The highest BCUT2D eigenvalue weighted by atomic mass is 16.6. The lowest BCUT2D eigenvalue weighted by Crippen LogP contribution is -2.31. The highest BCUT2D eigenvalue weighted by Gasteiger charge is 2.24. The Labute approximate surface area is 122 Å². The summed E-state index contributed by atoms with van der Waals surface area (Å²) in [6, 6.07) is 5.96. The molecule has 2 unspecified atom stereocenters. The van der Waals surface area contributed by atoms with Crippen LogP contribution in [-0.4, -0.2) is 28.6 Å². The van der Waals surface area contributed by atoms with E-state index in [1.165, 1.54) is 18.2 Å². The van der Waals surface area contributed by atoms with Crippen molar-refractivity contribution in [2.75, 3.05) is 6.54 Å². The number of hydrogen-bond acceptors (Lipinski definition) is 4. The summed E-state index contributed by atoms with van der Waals surface area (Å²) in [5, 5.41) is 22.9. The SMILES string of the molecule is O=C(C=Cc1ccc([N+](=O)[O-])cc1)NCC1CCCC1O. The lowest BCUT2D eigenvalue weighted by molar-refractivity contribution is -0.384. The van der Waals surface area contributed by atoms with Crippen LogP contribution in [0.3, 0.4) is 0 Å². The van der Waals surface area contributed by atoms with Crippen LogP contribution < -0.4 is 5.32 Å². The van der Waals surface area contributed by atoms with E-state index in [0.717, 1.165) is 24.8 Å². The minimum atomic E-state index is -0.465. The number of non-ortho nitro benzene ring substituents is 1. The Morgan fingerprint density at radius 2 is 2.10 bits per heavy atom. The van der Waals surface area contributed by atoms with Crippen LogP contribution in [0.1, 0.15) is 24.8 Å². The van der Waals surface area contributed by atoms with Crippen molar-refractivity contribution < 1.29 is 14.8 Å². The topological polar surface area (TPSA) is 92.5 Å². The number of benzene rings is 1. The fraction of sp³-hybridized carbons (Fsp3) is 0.400. The molecule has 1 saturated carbocycles. The van der Waals surface area contributed by atoms with Crippen molar-refractivity contribution in [1.82, 2.24) is 5.32 Å². The second-order valence-corrected chi connectivity index (χ2v) is 5.19. The van der Waals surface area contributed by atoms with E-state index < -0.39 is 4.92 Å². The number of nitrogens with zero attached hydrogens (tertiary/aromatic N) is 1. The lowest BCUT2D eigenvalue weighted by Gasteiger charge is -2.13. The van der Waals surface area contributed by atoms with Gasteiger partial charge in [-0.3, -0.25) is 14.9 Å². The number of rotatable bonds is 5. The van der Waals surface area contributed by atoms with Gasteiger partial charge in [0.2, 0.25) is 5.91 Å². The van der Waals surface area contributed by atoms with Crippen molar-refractivity contribution in [3.63, 3.8) is 0 Å². The quantitative estimate of drug-likeness (QED) is 0.492. The van der Waals surface area contributed by atoms with Crippen LogP contribution >= 0.6 is 0 Å². The van der Waals surface area contributed by atoms with Crippen LogP contribution in [0, 0.1) is 16.0 Å². The van der Waals surface area contributed by atoms with E-state index >= 15 is 0 Å². The third-order valence-electron chi connectivity index (χ3n) is 3.69. The monoisotopic (exact) mass is 290 g/mol. The molecule has 2 N–H and O–H groups in total. The predicted octanol–water partition coefficient (Wildman–Crippen LogP) is 1.89. The highest BCUT2D eigenvalue weighted by Crippen LogP contribution is 2.24. The van der Waals surface area contributed by atoms with E-state index in [4.69, 9.17) is 0 Å². The van der Waals surface area contributed by atoms with E-state index in [2.05, 4.69) is 5.32 Å². The standard InChI is InChI=1S/C15H18N2O4/c18-14-3-1-2-12(14)10-16-15(19)9-6-11-4-7-13(8-5-11)17(20)21/h4-9,12,14,18H,1-3,10H2,(H,16,19). The number of nitro benzene ring substituents is 1. The lowest BCUT2D eigenvalue weighted by atomic mass is 10.1. The van der Waals surface area contributed by atoms with Crippen LogP contribution in [0.25, 0.3) is 6.08 Å². The number of hydrogen-bond donors (Lipinski definition) is 2. The van der Waals surface area contributed by atoms with Gasteiger partial charge in [0.15, 0.2) is 0 Å². The third kappa shape index (κ3) is 4.39. The zero-order chi connectivity index (χ0) is 15.2. The van der Waals surface area contributed by atoms with Gasteiger partial charge in [-0.25, -0.2) is 0 Å². The number of nitro groups is 1. The Balaban J connectivity index is 1.82. The molecule has 0 radical (unpaired) electrons. The third-order valence-corrected chi connectivity index (χ3v) is 3.69. The number of nitrogens with one attached hydrogen (secondary N) is 1. The summed E-state index contributed by atoms with van der Waals surface area (Å²) < 4.78 is 0. The molecule has 1 amide bonds. The molecule has 21 heavy (non-hydrogen) atoms. The molecule has 0 spiro atoms. The van der Waals surface area contributed by atoms with Crippen molar-refractivity contribution in [3.8, 4) is 0 Å². The first-order chi connectivity index (χ1) is 10.1. The number of amides is 1. The molecule has 0 aliphatic heterocycles. The first kappa shape index (κ1) is 15.2. The highest BCUT2D eigenvalue weighted by molar-refractivity contribution is 5.91. The zero-order valence-corrected chi connectivity index (χ0v) is 11.6. The maximum atomic E-state index is 11.7. The molecular weight excluding hydrogens is 272 g/mol. The average molecular weight is 290 g/mol. The van der Waals surface area contributed by atoms with Gasteiger partial charge < -0.3 is 10.4 Å². The van der Waals surface area contributed by atoms with Crippen molar-refractivity contribution in [2.45, 2.75) is 25.4 Å². The Hall–Kier alpha value is -2.21. The van der Waals surface area contributed by atoms with Crippen molar-refractivity contribution in [3.05, 3.63) is 46.0 Å². The Kier molecular flexibility index (Phi) is 5.05. The van der Waals surface area contributed by atoms with Gasteiger partial charge in [-0.2, -0.15) is 0 Å². The maximum Gasteiger partial charge on any atom is 0.269 e. The van der Waals surface area contributed by atoms with Gasteiger partial charge in [-0.05, 0) is 36.6 Å². The molecule has 6 nitrogen and oxygen atoms in total. The molecule has 0 aromatic heterocycles. The van der Waals surface area contributed by atoms with Gasteiger partial charge in [-0.15, -0.1) is 0 Å². The normalized spacial score (nSPS) is 21.6. The fourth-order valence-corrected chi connectivity index (χ4v) is 2.43. The van der Waals surface area contributed by atoms with Gasteiger partial charge >= 0.3 is 0 Å². The van der Waals surface area contributed by atoms with Gasteiger partial charge in [0.05, 0.1) is 11.0 Å². The van der Waals surface area contributed by atoms with Crippen LogP contribution in [0.5, 0.6) is 0 Å². The molecule has 1 aromatic carbocycles. The smallest absolute Gasteiger partial charge is 0.269 e. The van der Waals surface area contributed by atoms with Crippen LogP contribution in [0.4, 0.5) is 5.69 Å². The summed E-state index contributed by atoms with van der Waals surface area (Å²) >= 11 is 0. The molecule has 0 heterocycles. The second kappa shape index (κ2) is 6.99. The Morgan fingerprint density at radius 3 is 2.67 bits per heavy atom. The number of aliphatic hydroxyl groups is 1. The van der Waals surface area contributed by atoms with Crippen molar-refractivity contribution in [1.29, 1.82) is 0 Å². The molecule has 1 fully saturated rings. The zero-order valence-electron chi connectivity index (χ0n) is 11.6. The minimum Gasteiger partial charge on any atom is -0.393 e. The molecule has 0 saturated heterocycles. The molecular formula is C15H18N2O4. The summed E-state index contributed by atoms with van der Waals surface area (Å²) in [5.74, 6) is -0.0887. The molecule has 6 heteroatoms. The second-order valence-electron chi connectivity index (χ2n) is 5.19. The summed E-state index contributed by atoms with van der Waals surface area (Å²) in [6.07, 6.45) is 5.42. The first-order valence-electron chi connectivity index (χ1n) is 6.94. The van der Waals surface area contributed by atoms with E-state index in [1.807, 2.05) is 0 Å². The van der Waals surface area contributed by atoms with Crippen molar-refractivity contribution in [2.24, 2.45) is 5.92 Å². The molecule has 1 aliphatic rings. The summed E-state index contributed by atoms with van der Waals surface area (Å²) in [4.78, 5) is 21.7. The summed E-state index contributed by atoms with van der Waals surface area (Å²) in [6.45, 7) is 0.477. The van der Waals surface area contributed by atoms with Gasteiger partial charge in [0.1, 0.15) is 0 Å². The van der Waals surface area contributed by atoms with Crippen LogP contribution in [0.15, 0.2) is 30.3 Å².